The van der Waals surface area contributed by atoms with Crippen LogP contribution in [0.25, 0.3) is 0 Å². The summed E-state index contributed by atoms with van der Waals surface area (Å²) >= 11 is 0. The lowest BCUT2D eigenvalue weighted by Gasteiger charge is -2.19. The quantitative estimate of drug-likeness (QED) is 0.746. The van der Waals surface area contributed by atoms with E-state index in [2.05, 4.69) is 11.4 Å². The van der Waals surface area contributed by atoms with Gasteiger partial charge in [-0.2, -0.15) is 5.26 Å². The molecule has 74 valence electrons. The van der Waals surface area contributed by atoms with Crippen molar-refractivity contribution in [3.05, 3.63) is 47.7 Å². The SMILES string of the molecule is N#Cc1cccc(C2CC(=O)C=CN2)c1. The van der Waals surface area contributed by atoms with E-state index >= 15 is 0 Å². The summed E-state index contributed by atoms with van der Waals surface area (Å²) in [5.41, 5.74) is 1.60. The predicted molar refractivity (Wildman–Crippen MR) is 55.8 cm³/mol. The molecule has 0 saturated carbocycles. The molecular weight excluding hydrogens is 188 g/mol. The van der Waals surface area contributed by atoms with Crippen LogP contribution in [0.2, 0.25) is 0 Å². The lowest BCUT2D eigenvalue weighted by atomic mass is 9.98. The predicted octanol–water partition coefficient (Wildman–Crippen LogP) is 1.68. The van der Waals surface area contributed by atoms with Crippen molar-refractivity contribution in [2.75, 3.05) is 0 Å². The Kier molecular flexibility index (Phi) is 2.51. The molecule has 0 saturated heterocycles. The van der Waals surface area contributed by atoms with Crippen LogP contribution in [0.4, 0.5) is 0 Å². The normalized spacial score (nSPS) is 19.4. The van der Waals surface area contributed by atoms with Crippen LogP contribution in [0, 0.1) is 11.3 Å². The highest BCUT2D eigenvalue weighted by molar-refractivity contribution is 5.90. The van der Waals surface area contributed by atoms with Crippen LogP contribution in [0.1, 0.15) is 23.6 Å². The minimum atomic E-state index is -0.00389. The molecule has 0 aromatic heterocycles. The third-order valence-electron chi connectivity index (χ3n) is 2.39. The number of hydrogen-bond donors (Lipinski definition) is 1. The minimum Gasteiger partial charge on any atom is -0.384 e. The highest BCUT2D eigenvalue weighted by atomic mass is 16.1. The molecule has 0 radical (unpaired) electrons. The fourth-order valence-corrected chi connectivity index (χ4v) is 1.62. The van der Waals surface area contributed by atoms with Crippen LogP contribution in [-0.2, 0) is 4.79 Å². The summed E-state index contributed by atoms with van der Waals surface area (Å²) in [6.07, 6.45) is 3.64. The van der Waals surface area contributed by atoms with Crippen LogP contribution in [0.15, 0.2) is 36.5 Å². The maximum absolute atomic E-state index is 11.2. The topological polar surface area (TPSA) is 52.9 Å². The summed E-state index contributed by atoms with van der Waals surface area (Å²) in [6, 6.07) is 9.40. The van der Waals surface area contributed by atoms with Gasteiger partial charge in [0.15, 0.2) is 5.78 Å². The maximum Gasteiger partial charge on any atom is 0.159 e. The molecule has 1 aliphatic heterocycles. The van der Waals surface area contributed by atoms with E-state index in [-0.39, 0.29) is 11.8 Å². The largest absolute Gasteiger partial charge is 0.384 e. The number of nitrogens with one attached hydrogen (secondary N) is 1. The van der Waals surface area contributed by atoms with Crippen molar-refractivity contribution in [3.8, 4) is 6.07 Å². The van der Waals surface area contributed by atoms with E-state index in [1.165, 1.54) is 6.08 Å². The number of allylic oxidation sites excluding steroid dienone is 1. The Balaban J connectivity index is 2.26. The van der Waals surface area contributed by atoms with Gasteiger partial charge in [0.1, 0.15) is 0 Å². The Bertz CT molecular complexity index is 457. The van der Waals surface area contributed by atoms with Gasteiger partial charge in [0, 0.05) is 12.6 Å². The van der Waals surface area contributed by atoms with Crippen molar-refractivity contribution in [3.63, 3.8) is 0 Å². The van der Waals surface area contributed by atoms with Crippen LogP contribution < -0.4 is 5.32 Å². The van der Waals surface area contributed by atoms with Gasteiger partial charge in [0.2, 0.25) is 0 Å². The lowest BCUT2D eigenvalue weighted by Crippen LogP contribution is -2.22. The Morgan fingerprint density at radius 1 is 1.47 bits per heavy atom. The van der Waals surface area contributed by atoms with Crippen molar-refractivity contribution in [1.82, 2.24) is 5.32 Å². The number of carbonyl (C=O) groups excluding carboxylic acids is 1. The lowest BCUT2D eigenvalue weighted by molar-refractivity contribution is -0.115. The van der Waals surface area contributed by atoms with Gasteiger partial charge in [-0.25, -0.2) is 0 Å². The second-order valence-corrected chi connectivity index (χ2v) is 3.46. The van der Waals surface area contributed by atoms with Crippen molar-refractivity contribution >= 4 is 5.78 Å². The van der Waals surface area contributed by atoms with Crippen molar-refractivity contribution in [2.24, 2.45) is 0 Å². The molecule has 3 nitrogen and oxygen atoms in total. The van der Waals surface area contributed by atoms with E-state index in [0.717, 1.165) is 5.56 Å². The highest BCUT2D eigenvalue weighted by Crippen LogP contribution is 2.20. The molecule has 2 rings (SSSR count). The van der Waals surface area contributed by atoms with Crippen molar-refractivity contribution < 1.29 is 4.79 Å². The fraction of sp³-hybridized carbons (Fsp3) is 0.167. The van der Waals surface area contributed by atoms with Gasteiger partial charge in [-0.05, 0) is 23.8 Å². The Morgan fingerprint density at radius 3 is 3.07 bits per heavy atom. The Morgan fingerprint density at radius 2 is 2.33 bits per heavy atom. The molecule has 3 heteroatoms. The molecule has 1 aliphatic rings. The third-order valence-corrected chi connectivity index (χ3v) is 2.39. The standard InChI is InChI=1S/C12H10N2O/c13-8-9-2-1-3-10(6-9)12-7-11(15)4-5-14-12/h1-6,12,14H,7H2. The second-order valence-electron chi connectivity index (χ2n) is 3.46. The molecule has 1 heterocycles. The number of ketones is 1. The van der Waals surface area contributed by atoms with Gasteiger partial charge in [0.25, 0.3) is 0 Å². The number of rotatable bonds is 1. The summed E-state index contributed by atoms with van der Waals surface area (Å²) in [5, 5.41) is 11.9. The average molecular weight is 198 g/mol. The zero-order chi connectivity index (χ0) is 10.7. The first-order valence-corrected chi connectivity index (χ1v) is 4.75. The summed E-state index contributed by atoms with van der Waals surface area (Å²) in [5.74, 6) is 0.112. The van der Waals surface area contributed by atoms with Gasteiger partial charge in [-0.1, -0.05) is 12.1 Å². The molecule has 1 unspecified atom stereocenters. The molecule has 1 aromatic rings. The molecule has 1 N–H and O–H groups in total. The van der Waals surface area contributed by atoms with Crippen LogP contribution in [0.5, 0.6) is 0 Å². The first kappa shape index (κ1) is 9.47. The average Bonchev–Trinajstić information content (AvgIpc) is 2.29. The van der Waals surface area contributed by atoms with Gasteiger partial charge < -0.3 is 5.32 Å². The van der Waals surface area contributed by atoms with Crippen LogP contribution in [0.3, 0.4) is 0 Å². The number of nitrogens with zero attached hydrogens (tertiary/aromatic N) is 1. The number of carbonyl (C=O) groups is 1. The molecule has 0 spiro atoms. The molecular formula is C12H10N2O. The van der Waals surface area contributed by atoms with E-state index in [9.17, 15) is 4.79 Å². The minimum absolute atomic E-state index is 0.00389. The number of hydrogen-bond acceptors (Lipinski definition) is 3. The first-order valence-electron chi connectivity index (χ1n) is 4.75. The summed E-state index contributed by atoms with van der Waals surface area (Å²) in [6.45, 7) is 0. The zero-order valence-corrected chi connectivity index (χ0v) is 8.10. The van der Waals surface area contributed by atoms with Gasteiger partial charge in [-0.15, -0.1) is 0 Å². The molecule has 0 aliphatic carbocycles. The monoisotopic (exact) mass is 198 g/mol. The van der Waals surface area contributed by atoms with Crippen molar-refractivity contribution in [2.45, 2.75) is 12.5 Å². The Labute approximate surface area is 88.0 Å². The zero-order valence-electron chi connectivity index (χ0n) is 8.10. The van der Waals surface area contributed by atoms with Crippen LogP contribution in [-0.4, -0.2) is 5.78 Å². The van der Waals surface area contributed by atoms with E-state index in [1.807, 2.05) is 18.2 Å². The molecule has 0 bridgehead atoms. The van der Waals surface area contributed by atoms with E-state index < -0.39 is 0 Å². The van der Waals surface area contributed by atoms with E-state index in [0.29, 0.717) is 12.0 Å². The summed E-state index contributed by atoms with van der Waals surface area (Å²) in [7, 11) is 0. The fourth-order valence-electron chi connectivity index (χ4n) is 1.62. The van der Waals surface area contributed by atoms with E-state index in [4.69, 9.17) is 5.26 Å². The first-order chi connectivity index (χ1) is 7.29. The Hall–Kier alpha value is -2.08. The molecule has 0 amide bonds. The number of nitriles is 1. The molecule has 15 heavy (non-hydrogen) atoms. The molecule has 1 aromatic carbocycles. The second kappa shape index (κ2) is 3.97. The summed E-state index contributed by atoms with van der Waals surface area (Å²) in [4.78, 5) is 11.2. The molecule has 1 atom stereocenters. The third kappa shape index (κ3) is 2.05. The highest BCUT2D eigenvalue weighted by Gasteiger charge is 2.16. The maximum atomic E-state index is 11.2. The molecule has 0 fully saturated rings. The smallest absolute Gasteiger partial charge is 0.159 e. The van der Waals surface area contributed by atoms with Crippen LogP contribution >= 0.6 is 0 Å². The van der Waals surface area contributed by atoms with Crippen molar-refractivity contribution in [1.29, 1.82) is 5.26 Å². The van der Waals surface area contributed by atoms with Gasteiger partial charge in [0.05, 0.1) is 17.7 Å². The van der Waals surface area contributed by atoms with E-state index in [1.54, 1.807) is 12.3 Å². The number of benzene rings is 1. The van der Waals surface area contributed by atoms with Gasteiger partial charge >= 0.3 is 0 Å². The summed E-state index contributed by atoms with van der Waals surface area (Å²) < 4.78 is 0. The van der Waals surface area contributed by atoms with Gasteiger partial charge in [-0.3, -0.25) is 4.79 Å².